The number of H-pyrrole nitrogens is 1. The van der Waals surface area contributed by atoms with E-state index in [0.29, 0.717) is 28.2 Å². The van der Waals surface area contributed by atoms with Crippen LogP contribution < -0.4 is 10.6 Å². The standard InChI is InChI=1S/C20H25N3O5/c1-10-17(12(3)24)11(2)21-18(10)20(27)28-13(4)19(26)23-16-8-6-15(7-9-16)22-14(5)25/h6-9,12-13,21,24H,1-5H3,(H,22,25)(H,23,26)/t12-,13+/m0/s1. The summed E-state index contributed by atoms with van der Waals surface area (Å²) in [5, 5.41) is 15.1. The van der Waals surface area contributed by atoms with Gasteiger partial charge in [0.05, 0.1) is 6.10 Å². The van der Waals surface area contributed by atoms with Crippen LogP contribution >= 0.6 is 0 Å². The minimum Gasteiger partial charge on any atom is -0.448 e. The molecule has 28 heavy (non-hydrogen) atoms. The van der Waals surface area contributed by atoms with E-state index in [0.717, 1.165) is 0 Å². The highest BCUT2D eigenvalue weighted by Gasteiger charge is 2.24. The van der Waals surface area contributed by atoms with Crippen LogP contribution in [-0.2, 0) is 14.3 Å². The van der Waals surface area contributed by atoms with E-state index in [-0.39, 0.29) is 11.6 Å². The second-order valence-electron chi connectivity index (χ2n) is 6.63. The molecule has 0 unspecified atom stereocenters. The first-order valence-electron chi connectivity index (χ1n) is 8.86. The Kier molecular flexibility index (Phi) is 6.58. The number of amides is 2. The number of nitrogens with one attached hydrogen (secondary N) is 3. The van der Waals surface area contributed by atoms with Crippen molar-refractivity contribution >= 4 is 29.2 Å². The third-order valence-corrected chi connectivity index (χ3v) is 4.24. The van der Waals surface area contributed by atoms with Gasteiger partial charge in [0.25, 0.3) is 5.91 Å². The van der Waals surface area contributed by atoms with Gasteiger partial charge in [0, 0.05) is 29.6 Å². The molecule has 0 aliphatic rings. The topological polar surface area (TPSA) is 121 Å². The first-order valence-corrected chi connectivity index (χ1v) is 8.86. The van der Waals surface area contributed by atoms with Gasteiger partial charge in [0.2, 0.25) is 5.91 Å². The molecule has 2 amide bonds. The van der Waals surface area contributed by atoms with E-state index in [1.807, 2.05) is 0 Å². The summed E-state index contributed by atoms with van der Waals surface area (Å²) in [6, 6.07) is 6.56. The van der Waals surface area contributed by atoms with E-state index in [2.05, 4.69) is 15.6 Å². The third-order valence-electron chi connectivity index (χ3n) is 4.24. The van der Waals surface area contributed by atoms with Crippen molar-refractivity contribution in [3.8, 4) is 0 Å². The molecular weight excluding hydrogens is 362 g/mol. The molecule has 2 rings (SSSR count). The smallest absolute Gasteiger partial charge is 0.355 e. The van der Waals surface area contributed by atoms with Crippen molar-refractivity contribution in [1.82, 2.24) is 4.98 Å². The molecule has 1 aromatic carbocycles. The fourth-order valence-corrected chi connectivity index (χ4v) is 2.95. The van der Waals surface area contributed by atoms with Crippen LogP contribution in [0.3, 0.4) is 0 Å². The molecule has 0 aliphatic carbocycles. The molecule has 2 atom stereocenters. The lowest BCUT2D eigenvalue weighted by Crippen LogP contribution is -2.30. The predicted octanol–water partition coefficient (Wildman–Crippen LogP) is 2.83. The number of aryl methyl sites for hydroxylation is 1. The van der Waals surface area contributed by atoms with E-state index in [4.69, 9.17) is 4.74 Å². The highest BCUT2D eigenvalue weighted by molar-refractivity contribution is 5.97. The Morgan fingerprint density at radius 2 is 1.57 bits per heavy atom. The summed E-state index contributed by atoms with van der Waals surface area (Å²) in [7, 11) is 0. The number of carbonyl (C=O) groups is 3. The normalized spacial score (nSPS) is 12.8. The number of aliphatic hydroxyl groups is 1. The summed E-state index contributed by atoms with van der Waals surface area (Å²) < 4.78 is 5.25. The number of aromatic amines is 1. The van der Waals surface area contributed by atoms with E-state index in [1.165, 1.54) is 13.8 Å². The average Bonchev–Trinajstić information content (AvgIpc) is 2.90. The minimum absolute atomic E-state index is 0.189. The second kappa shape index (κ2) is 8.71. The lowest BCUT2D eigenvalue weighted by Gasteiger charge is -2.14. The Hall–Kier alpha value is -3.13. The Bertz CT molecular complexity index is 884. The van der Waals surface area contributed by atoms with E-state index < -0.39 is 24.1 Å². The highest BCUT2D eigenvalue weighted by atomic mass is 16.5. The zero-order valence-electron chi connectivity index (χ0n) is 16.5. The van der Waals surface area contributed by atoms with E-state index in [1.54, 1.807) is 45.0 Å². The van der Waals surface area contributed by atoms with Crippen LogP contribution in [0.5, 0.6) is 0 Å². The number of benzene rings is 1. The Morgan fingerprint density at radius 1 is 1.04 bits per heavy atom. The maximum absolute atomic E-state index is 12.4. The molecule has 0 saturated heterocycles. The largest absolute Gasteiger partial charge is 0.448 e. The highest BCUT2D eigenvalue weighted by Crippen LogP contribution is 2.25. The first-order chi connectivity index (χ1) is 13.1. The van der Waals surface area contributed by atoms with Crippen LogP contribution in [0.4, 0.5) is 11.4 Å². The zero-order valence-corrected chi connectivity index (χ0v) is 16.5. The molecule has 1 heterocycles. The van der Waals surface area contributed by atoms with Crippen LogP contribution in [0.1, 0.15) is 54.2 Å². The number of aliphatic hydroxyl groups excluding tert-OH is 1. The molecule has 8 heteroatoms. The monoisotopic (exact) mass is 387 g/mol. The van der Waals surface area contributed by atoms with Gasteiger partial charge in [0.15, 0.2) is 6.10 Å². The van der Waals surface area contributed by atoms with Gasteiger partial charge in [-0.05, 0) is 57.5 Å². The quantitative estimate of drug-likeness (QED) is 0.568. The number of aromatic nitrogens is 1. The maximum atomic E-state index is 12.4. The predicted molar refractivity (Wildman–Crippen MR) is 105 cm³/mol. The van der Waals surface area contributed by atoms with Crippen molar-refractivity contribution in [3.63, 3.8) is 0 Å². The SMILES string of the molecule is CC(=O)Nc1ccc(NC(=O)[C@@H](C)OC(=O)c2[nH]c(C)c([C@H](C)O)c2C)cc1. The van der Waals surface area contributed by atoms with Crippen molar-refractivity contribution in [1.29, 1.82) is 0 Å². The average molecular weight is 387 g/mol. The molecule has 150 valence electrons. The third kappa shape index (κ3) is 4.98. The molecule has 0 fully saturated rings. The van der Waals surface area contributed by atoms with Gasteiger partial charge < -0.3 is 25.5 Å². The molecule has 0 saturated carbocycles. The lowest BCUT2D eigenvalue weighted by atomic mass is 10.1. The van der Waals surface area contributed by atoms with Gasteiger partial charge in [0.1, 0.15) is 5.69 Å². The van der Waals surface area contributed by atoms with Crippen LogP contribution in [0, 0.1) is 13.8 Å². The van der Waals surface area contributed by atoms with Crippen molar-refractivity contribution in [2.45, 2.75) is 46.8 Å². The Morgan fingerprint density at radius 3 is 2.04 bits per heavy atom. The maximum Gasteiger partial charge on any atom is 0.355 e. The lowest BCUT2D eigenvalue weighted by molar-refractivity contribution is -0.123. The summed E-state index contributed by atoms with van der Waals surface area (Å²) in [6.45, 7) is 7.96. The number of rotatable bonds is 6. The summed E-state index contributed by atoms with van der Waals surface area (Å²) >= 11 is 0. The van der Waals surface area contributed by atoms with Gasteiger partial charge in [-0.1, -0.05) is 0 Å². The van der Waals surface area contributed by atoms with E-state index in [9.17, 15) is 19.5 Å². The molecule has 4 N–H and O–H groups in total. The molecular formula is C20H25N3O5. The van der Waals surface area contributed by atoms with Crippen LogP contribution in [-0.4, -0.2) is 34.0 Å². The van der Waals surface area contributed by atoms with Gasteiger partial charge >= 0.3 is 5.97 Å². The molecule has 0 bridgehead atoms. The van der Waals surface area contributed by atoms with Crippen LogP contribution in [0.25, 0.3) is 0 Å². The summed E-state index contributed by atoms with van der Waals surface area (Å²) in [5.41, 5.74) is 3.24. The zero-order chi connectivity index (χ0) is 21.0. The molecule has 2 aromatic rings. The Balaban J connectivity index is 2.01. The molecule has 0 aliphatic heterocycles. The Labute approximate surface area is 163 Å². The van der Waals surface area contributed by atoms with Crippen LogP contribution in [0.15, 0.2) is 24.3 Å². The number of hydrogen-bond acceptors (Lipinski definition) is 5. The van der Waals surface area contributed by atoms with E-state index >= 15 is 0 Å². The van der Waals surface area contributed by atoms with Gasteiger partial charge in [-0.3, -0.25) is 9.59 Å². The summed E-state index contributed by atoms with van der Waals surface area (Å²) in [6.07, 6.45) is -1.75. The summed E-state index contributed by atoms with van der Waals surface area (Å²) in [5.74, 6) is -1.35. The van der Waals surface area contributed by atoms with Crippen molar-refractivity contribution in [3.05, 3.63) is 46.8 Å². The number of ether oxygens (including phenoxy) is 1. The van der Waals surface area contributed by atoms with Crippen molar-refractivity contribution < 1.29 is 24.2 Å². The van der Waals surface area contributed by atoms with Gasteiger partial charge in [-0.25, -0.2) is 4.79 Å². The number of hydrogen-bond donors (Lipinski definition) is 4. The van der Waals surface area contributed by atoms with Gasteiger partial charge in [-0.15, -0.1) is 0 Å². The summed E-state index contributed by atoms with van der Waals surface area (Å²) in [4.78, 5) is 38.6. The number of anilines is 2. The van der Waals surface area contributed by atoms with Gasteiger partial charge in [-0.2, -0.15) is 0 Å². The first kappa shape index (κ1) is 21.2. The number of carbonyl (C=O) groups excluding carboxylic acids is 3. The fraction of sp³-hybridized carbons (Fsp3) is 0.350. The van der Waals surface area contributed by atoms with Crippen molar-refractivity contribution in [2.75, 3.05) is 10.6 Å². The van der Waals surface area contributed by atoms with Crippen molar-refractivity contribution in [2.24, 2.45) is 0 Å². The molecule has 8 nitrogen and oxygen atoms in total. The second-order valence-corrected chi connectivity index (χ2v) is 6.63. The molecule has 0 radical (unpaired) electrons. The fourth-order valence-electron chi connectivity index (χ4n) is 2.95. The number of esters is 1. The molecule has 0 spiro atoms. The van der Waals surface area contributed by atoms with Crippen LogP contribution in [0.2, 0.25) is 0 Å². The minimum atomic E-state index is -1.03. The molecule has 1 aromatic heterocycles.